The van der Waals surface area contributed by atoms with Gasteiger partial charge in [-0.3, -0.25) is 14.9 Å². The number of nitrogens with one attached hydrogen (secondary N) is 2. The van der Waals surface area contributed by atoms with Crippen molar-refractivity contribution in [3.8, 4) is 0 Å². The predicted octanol–water partition coefficient (Wildman–Crippen LogP) is 1.91. The van der Waals surface area contributed by atoms with E-state index in [2.05, 4.69) is 25.5 Å². The maximum absolute atomic E-state index is 12.0. The second kappa shape index (κ2) is 4.49. The molecule has 0 atom stereocenters. The van der Waals surface area contributed by atoms with Crippen molar-refractivity contribution in [3.05, 3.63) is 48.2 Å². The molecule has 94 valence electrons. The molecule has 0 saturated carbocycles. The summed E-state index contributed by atoms with van der Waals surface area (Å²) in [4.78, 5) is 20.2. The van der Waals surface area contributed by atoms with Gasteiger partial charge in [-0.2, -0.15) is 5.10 Å². The quantitative estimate of drug-likeness (QED) is 0.730. The first-order valence-corrected chi connectivity index (χ1v) is 5.77. The first kappa shape index (κ1) is 11.3. The Morgan fingerprint density at radius 3 is 2.95 bits per heavy atom. The van der Waals surface area contributed by atoms with Gasteiger partial charge in [-0.15, -0.1) is 0 Å². The van der Waals surface area contributed by atoms with Crippen LogP contribution in [0.25, 0.3) is 10.9 Å². The van der Waals surface area contributed by atoms with Gasteiger partial charge in [0.05, 0.1) is 11.2 Å². The Kier molecular flexibility index (Phi) is 2.68. The first-order chi connectivity index (χ1) is 9.24. The number of pyridine rings is 1. The number of carbonyl (C=O) groups is 1. The monoisotopic (exact) mass is 253 g/mol. The number of para-hydroxylation sites is 1. The first-order valence-electron chi connectivity index (χ1n) is 5.77. The summed E-state index contributed by atoms with van der Waals surface area (Å²) in [7, 11) is 0. The summed E-state index contributed by atoms with van der Waals surface area (Å²) < 4.78 is 0. The molecule has 0 unspecified atom stereocenters. The molecule has 6 nitrogen and oxygen atoms in total. The van der Waals surface area contributed by atoms with Gasteiger partial charge in [0.25, 0.3) is 5.91 Å². The van der Waals surface area contributed by atoms with Crippen molar-refractivity contribution in [2.24, 2.45) is 0 Å². The van der Waals surface area contributed by atoms with Crippen LogP contribution in [-0.4, -0.2) is 26.1 Å². The number of aromatic nitrogens is 4. The van der Waals surface area contributed by atoms with Crippen molar-refractivity contribution in [1.29, 1.82) is 0 Å². The highest BCUT2D eigenvalue weighted by atomic mass is 16.2. The van der Waals surface area contributed by atoms with Gasteiger partial charge in [0.2, 0.25) is 5.82 Å². The second-order valence-corrected chi connectivity index (χ2v) is 4.12. The van der Waals surface area contributed by atoms with Gasteiger partial charge < -0.3 is 5.32 Å². The van der Waals surface area contributed by atoms with Gasteiger partial charge in [-0.1, -0.05) is 18.2 Å². The van der Waals surface area contributed by atoms with E-state index >= 15 is 0 Å². The van der Waals surface area contributed by atoms with Crippen molar-refractivity contribution < 1.29 is 4.79 Å². The highest BCUT2D eigenvalue weighted by molar-refractivity contribution is 6.06. The van der Waals surface area contributed by atoms with Crippen LogP contribution in [0.4, 0.5) is 5.69 Å². The second-order valence-electron chi connectivity index (χ2n) is 4.12. The van der Waals surface area contributed by atoms with E-state index in [4.69, 9.17) is 0 Å². The number of hydrogen-bond donors (Lipinski definition) is 2. The summed E-state index contributed by atoms with van der Waals surface area (Å²) in [6, 6.07) is 9.47. The van der Waals surface area contributed by atoms with E-state index in [0.717, 1.165) is 16.6 Å². The number of aromatic amines is 1. The minimum Gasteiger partial charge on any atom is -0.319 e. The molecule has 0 fully saturated rings. The fourth-order valence-corrected chi connectivity index (χ4v) is 1.91. The van der Waals surface area contributed by atoms with Crippen LogP contribution in [0.5, 0.6) is 0 Å². The number of carbonyl (C=O) groups excluding carboxylic acids is 1. The third-order valence-corrected chi connectivity index (χ3v) is 2.72. The third kappa shape index (κ3) is 2.15. The van der Waals surface area contributed by atoms with Crippen molar-refractivity contribution in [2.75, 3.05) is 5.32 Å². The van der Waals surface area contributed by atoms with Gasteiger partial charge in [0.1, 0.15) is 6.33 Å². The molecule has 0 saturated heterocycles. The molecule has 19 heavy (non-hydrogen) atoms. The number of benzene rings is 1. The number of fused-ring (bicyclic) bond motifs is 1. The zero-order valence-corrected chi connectivity index (χ0v) is 10.2. The fraction of sp³-hybridized carbons (Fsp3) is 0.0769. The zero-order chi connectivity index (χ0) is 13.2. The van der Waals surface area contributed by atoms with Crippen LogP contribution in [-0.2, 0) is 0 Å². The summed E-state index contributed by atoms with van der Waals surface area (Å²) >= 11 is 0. The minimum absolute atomic E-state index is 0.179. The van der Waals surface area contributed by atoms with Crippen LogP contribution in [0, 0.1) is 6.92 Å². The van der Waals surface area contributed by atoms with Crippen molar-refractivity contribution in [3.63, 3.8) is 0 Å². The van der Waals surface area contributed by atoms with Gasteiger partial charge in [0, 0.05) is 11.1 Å². The van der Waals surface area contributed by atoms with Crippen LogP contribution in [0.2, 0.25) is 0 Å². The zero-order valence-electron chi connectivity index (χ0n) is 10.2. The van der Waals surface area contributed by atoms with Crippen LogP contribution in [0.1, 0.15) is 16.3 Å². The molecule has 1 aromatic carbocycles. The Balaban J connectivity index is 2.03. The van der Waals surface area contributed by atoms with Crippen LogP contribution in [0.15, 0.2) is 36.7 Å². The normalized spacial score (nSPS) is 10.6. The lowest BCUT2D eigenvalue weighted by Crippen LogP contribution is -2.14. The molecule has 2 heterocycles. The van der Waals surface area contributed by atoms with Crippen LogP contribution >= 0.6 is 0 Å². The van der Waals surface area contributed by atoms with Crippen molar-refractivity contribution in [2.45, 2.75) is 6.92 Å². The van der Waals surface area contributed by atoms with Crippen LogP contribution < -0.4 is 5.32 Å². The standard InChI is InChI=1S/C13H11N5O/c1-8-6-11(9-4-2-3-5-10(9)16-8)17-13(19)12-14-7-15-18-12/h2-7H,1H3,(H,14,15,18)(H,16,17,19). The molecular formula is C13H11N5O. The van der Waals surface area contributed by atoms with Crippen molar-refractivity contribution >= 4 is 22.5 Å². The van der Waals surface area contributed by atoms with E-state index < -0.39 is 0 Å². The molecular weight excluding hydrogens is 242 g/mol. The summed E-state index contributed by atoms with van der Waals surface area (Å²) in [5, 5.41) is 9.89. The molecule has 1 amide bonds. The fourth-order valence-electron chi connectivity index (χ4n) is 1.91. The molecule has 0 aliphatic heterocycles. The molecule has 3 aromatic rings. The summed E-state index contributed by atoms with van der Waals surface area (Å²) in [6.45, 7) is 1.89. The van der Waals surface area contributed by atoms with E-state index in [1.807, 2.05) is 37.3 Å². The molecule has 2 N–H and O–H groups in total. The van der Waals surface area contributed by atoms with E-state index in [-0.39, 0.29) is 11.7 Å². The molecule has 0 bridgehead atoms. The number of aryl methyl sites for hydroxylation is 1. The third-order valence-electron chi connectivity index (χ3n) is 2.72. The van der Waals surface area contributed by atoms with E-state index in [1.165, 1.54) is 6.33 Å². The lowest BCUT2D eigenvalue weighted by Gasteiger charge is -2.08. The maximum Gasteiger partial charge on any atom is 0.293 e. The maximum atomic E-state index is 12.0. The molecule has 2 aromatic heterocycles. The molecule has 0 aliphatic carbocycles. The Morgan fingerprint density at radius 1 is 1.32 bits per heavy atom. The topological polar surface area (TPSA) is 83.6 Å². The van der Waals surface area contributed by atoms with Gasteiger partial charge >= 0.3 is 0 Å². The molecule has 0 spiro atoms. The van der Waals surface area contributed by atoms with E-state index in [9.17, 15) is 4.79 Å². The molecule has 0 radical (unpaired) electrons. The van der Waals surface area contributed by atoms with Crippen LogP contribution in [0.3, 0.4) is 0 Å². The largest absolute Gasteiger partial charge is 0.319 e. The molecule has 6 heteroatoms. The van der Waals surface area contributed by atoms with E-state index in [1.54, 1.807) is 0 Å². The minimum atomic E-state index is -0.326. The van der Waals surface area contributed by atoms with Gasteiger partial charge in [-0.25, -0.2) is 4.98 Å². The Bertz CT molecular complexity index is 736. The Hall–Kier alpha value is -2.76. The van der Waals surface area contributed by atoms with E-state index in [0.29, 0.717) is 5.69 Å². The summed E-state index contributed by atoms with van der Waals surface area (Å²) in [6.07, 6.45) is 1.30. The number of amides is 1. The van der Waals surface area contributed by atoms with Gasteiger partial charge in [0.15, 0.2) is 0 Å². The number of anilines is 1. The summed E-state index contributed by atoms with van der Waals surface area (Å²) in [5.74, 6) is -0.146. The number of nitrogens with zero attached hydrogens (tertiary/aromatic N) is 3. The number of H-pyrrole nitrogens is 1. The molecule has 3 rings (SSSR count). The lowest BCUT2D eigenvalue weighted by molar-refractivity contribution is 0.101. The molecule has 0 aliphatic rings. The average molecular weight is 253 g/mol. The Labute approximate surface area is 108 Å². The van der Waals surface area contributed by atoms with Crippen molar-refractivity contribution in [1.82, 2.24) is 20.2 Å². The lowest BCUT2D eigenvalue weighted by atomic mass is 10.1. The average Bonchev–Trinajstić information content (AvgIpc) is 2.92. The number of hydrogen-bond acceptors (Lipinski definition) is 4. The highest BCUT2D eigenvalue weighted by Gasteiger charge is 2.11. The predicted molar refractivity (Wildman–Crippen MR) is 70.8 cm³/mol. The highest BCUT2D eigenvalue weighted by Crippen LogP contribution is 2.23. The Morgan fingerprint density at radius 2 is 2.16 bits per heavy atom. The van der Waals surface area contributed by atoms with Gasteiger partial charge in [-0.05, 0) is 19.1 Å². The SMILES string of the molecule is Cc1cc(NC(=O)c2ncn[nH]2)c2ccccc2n1. The summed E-state index contributed by atoms with van der Waals surface area (Å²) in [5.41, 5.74) is 2.39. The number of rotatable bonds is 2. The smallest absolute Gasteiger partial charge is 0.293 e.